The van der Waals surface area contributed by atoms with Crippen molar-refractivity contribution >= 4 is 17.9 Å². The van der Waals surface area contributed by atoms with E-state index in [9.17, 15) is 14.4 Å². The zero-order chi connectivity index (χ0) is 45.8. The van der Waals surface area contributed by atoms with E-state index in [0.717, 1.165) is 77.0 Å². The van der Waals surface area contributed by atoms with Crippen LogP contribution in [0.1, 0.15) is 188 Å². The van der Waals surface area contributed by atoms with Crippen LogP contribution in [0, 0.1) is 0 Å². The van der Waals surface area contributed by atoms with Gasteiger partial charge in [0.05, 0.1) is 0 Å². The quantitative estimate of drug-likeness (QED) is 0.0263. The SMILES string of the molecule is CC/C=C/C=C/C=C/C=C/C=C/C=C/C=C/CCCCCC(=O)OCC(COC(=O)CCCCCCCCCCCCCCC)OC(=O)CCCCC/C=C/C=C/C=C/C=C/CC. The topological polar surface area (TPSA) is 78.9 Å². The van der Waals surface area contributed by atoms with Crippen LogP contribution in [-0.2, 0) is 28.6 Å². The Bertz CT molecular complexity index is 1420. The van der Waals surface area contributed by atoms with Crippen LogP contribution in [0.15, 0.2) is 134 Å². The fraction of sp³-hybridized carbons (Fsp3) is 0.561. The van der Waals surface area contributed by atoms with Crippen LogP contribution in [0.4, 0.5) is 0 Å². The molecule has 0 fully saturated rings. The maximum absolute atomic E-state index is 12.8. The molecular weight excluding hydrogens is 781 g/mol. The van der Waals surface area contributed by atoms with Gasteiger partial charge in [-0.05, 0) is 57.8 Å². The average Bonchev–Trinajstić information content (AvgIpc) is 3.28. The van der Waals surface area contributed by atoms with Crippen molar-refractivity contribution in [1.82, 2.24) is 0 Å². The molecule has 0 radical (unpaired) electrons. The molecular formula is C57H88O6. The smallest absolute Gasteiger partial charge is 0.306 e. The number of allylic oxidation sites excluding steroid dienone is 22. The van der Waals surface area contributed by atoms with Crippen LogP contribution >= 0.6 is 0 Å². The summed E-state index contributed by atoms with van der Waals surface area (Å²) in [5.74, 6) is -1.01. The van der Waals surface area contributed by atoms with Crippen LogP contribution in [0.5, 0.6) is 0 Å². The van der Waals surface area contributed by atoms with Gasteiger partial charge >= 0.3 is 17.9 Å². The predicted octanol–water partition coefficient (Wildman–Crippen LogP) is 16.3. The van der Waals surface area contributed by atoms with E-state index in [-0.39, 0.29) is 37.5 Å². The van der Waals surface area contributed by atoms with Gasteiger partial charge in [-0.2, -0.15) is 0 Å². The summed E-state index contributed by atoms with van der Waals surface area (Å²) in [7, 11) is 0. The van der Waals surface area contributed by atoms with E-state index in [0.29, 0.717) is 19.3 Å². The summed E-state index contributed by atoms with van der Waals surface area (Å²) >= 11 is 0. The largest absolute Gasteiger partial charge is 0.462 e. The van der Waals surface area contributed by atoms with Gasteiger partial charge in [-0.3, -0.25) is 14.4 Å². The Hall–Kier alpha value is -4.45. The lowest BCUT2D eigenvalue weighted by molar-refractivity contribution is -0.167. The van der Waals surface area contributed by atoms with Crippen molar-refractivity contribution in [2.45, 2.75) is 194 Å². The molecule has 0 saturated heterocycles. The number of carbonyl (C=O) groups excluding carboxylic acids is 3. The molecule has 0 aliphatic carbocycles. The Morgan fingerprint density at radius 3 is 0.968 bits per heavy atom. The van der Waals surface area contributed by atoms with E-state index < -0.39 is 6.10 Å². The van der Waals surface area contributed by atoms with Crippen LogP contribution in [0.3, 0.4) is 0 Å². The van der Waals surface area contributed by atoms with Gasteiger partial charge in [0.1, 0.15) is 13.2 Å². The molecule has 0 N–H and O–H groups in total. The van der Waals surface area contributed by atoms with Crippen molar-refractivity contribution in [1.29, 1.82) is 0 Å². The van der Waals surface area contributed by atoms with Gasteiger partial charge in [0.25, 0.3) is 0 Å². The Kier molecular flexibility index (Phi) is 46.7. The molecule has 0 rings (SSSR count). The summed E-state index contributed by atoms with van der Waals surface area (Å²) < 4.78 is 16.7. The van der Waals surface area contributed by atoms with Gasteiger partial charge in [0.2, 0.25) is 0 Å². The minimum absolute atomic E-state index is 0.113. The molecule has 0 aromatic heterocycles. The third-order valence-electron chi connectivity index (χ3n) is 9.94. The minimum Gasteiger partial charge on any atom is -0.462 e. The van der Waals surface area contributed by atoms with Gasteiger partial charge < -0.3 is 14.2 Å². The number of hydrogen-bond acceptors (Lipinski definition) is 6. The molecule has 1 unspecified atom stereocenters. The maximum Gasteiger partial charge on any atom is 0.306 e. The van der Waals surface area contributed by atoms with Gasteiger partial charge in [-0.1, -0.05) is 244 Å². The second-order valence-electron chi connectivity index (χ2n) is 15.9. The van der Waals surface area contributed by atoms with Crippen molar-refractivity contribution in [2.75, 3.05) is 13.2 Å². The van der Waals surface area contributed by atoms with E-state index >= 15 is 0 Å². The Balaban J connectivity index is 4.56. The van der Waals surface area contributed by atoms with E-state index in [1.807, 2.05) is 109 Å². The van der Waals surface area contributed by atoms with Gasteiger partial charge in [0.15, 0.2) is 6.10 Å². The molecule has 6 heteroatoms. The first-order valence-electron chi connectivity index (χ1n) is 24.8. The molecule has 0 aromatic rings. The van der Waals surface area contributed by atoms with Crippen LogP contribution < -0.4 is 0 Å². The van der Waals surface area contributed by atoms with Gasteiger partial charge in [-0.25, -0.2) is 0 Å². The molecule has 6 nitrogen and oxygen atoms in total. The van der Waals surface area contributed by atoms with Gasteiger partial charge in [0, 0.05) is 19.3 Å². The van der Waals surface area contributed by atoms with Crippen LogP contribution in [-0.4, -0.2) is 37.2 Å². The molecule has 0 spiro atoms. The highest BCUT2D eigenvalue weighted by molar-refractivity contribution is 5.71. The summed E-state index contributed by atoms with van der Waals surface area (Å²) in [4.78, 5) is 37.9. The Morgan fingerprint density at radius 1 is 0.333 bits per heavy atom. The molecule has 0 heterocycles. The lowest BCUT2D eigenvalue weighted by Crippen LogP contribution is -2.30. The molecule has 352 valence electrons. The monoisotopic (exact) mass is 869 g/mol. The molecule has 63 heavy (non-hydrogen) atoms. The summed E-state index contributed by atoms with van der Waals surface area (Å²) in [5.41, 5.74) is 0. The zero-order valence-electron chi connectivity index (χ0n) is 40.0. The number of hydrogen-bond donors (Lipinski definition) is 0. The van der Waals surface area contributed by atoms with E-state index in [1.165, 1.54) is 64.2 Å². The molecule has 0 amide bonds. The predicted molar refractivity (Wildman–Crippen MR) is 269 cm³/mol. The Morgan fingerprint density at radius 2 is 0.619 bits per heavy atom. The van der Waals surface area contributed by atoms with Crippen molar-refractivity contribution < 1.29 is 28.6 Å². The third kappa shape index (κ3) is 48.4. The number of rotatable bonds is 42. The maximum atomic E-state index is 12.8. The first-order chi connectivity index (χ1) is 31.0. The highest BCUT2D eigenvalue weighted by Gasteiger charge is 2.19. The summed E-state index contributed by atoms with van der Waals surface area (Å²) in [6, 6.07) is 0. The number of ether oxygens (including phenoxy) is 3. The molecule has 0 saturated carbocycles. The number of unbranched alkanes of at least 4 members (excludes halogenated alkanes) is 18. The first kappa shape index (κ1) is 58.6. The number of carbonyl (C=O) groups is 3. The summed E-state index contributed by atoms with van der Waals surface area (Å²) in [5, 5.41) is 0. The van der Waals surface area contributed by atoms with Crippen LogP contribution in [0.25, 0.3) is 0 Å². The first-order valence-corrected chi connectivity index (χ1v) is 24.8. The Labute approximate surface area is 385 Å². The van der Waals surface area contributed by atoms with Crippen molar-refractivity contribution in [2.24, 2.45) is 0 Å². The highest BCUT2D eigenvalue weighted by Crippen LogP contribution is 2.14. The van der Waals surface area contributed by atoms with E-state index in [1.54, 1.807) is 0 Å². The van der Waals surface area contributed by atoms with Crippen molar-refractivity contribution in [3.05, 3.63) is 134 Å². The molecule has 1 atom stereocenters. The zero-order valence-corrected chi connectivity index (χ0v) is 40.0. The second kappa shape index (κ2) is 50.2. The van der Waals surface area contributed by atoms with Crippen molar-refractivity contribution in [3.63, 3.8) is 0 Å². The number of esters is 3. The summed E-state index contributed by atoms with van der Waals surface area (Å²) in [6.45, 7) is 6.25. The third-order valence-corrected chi connectivity index (χ3v) is 9.94. The fourth-order valence-electron chi connectivity index (χ4n) is 6.26. The van der Waals surface area contributed by atoms with Crippen molar-refractivity contribution in [3.8, 4) is 0 Å². The summed E-state index contributed by atoms with van der Waals surface area (Å²) in [6.07, 6.45) is 70.0. The minimum atomic E-state index is -0.820. The second-order valence-corrected chi connectivity index (χ2v) is 15.9. The molecule has 0 bridgehead atoms. The molecule has 0 aliphatic rings. The molecule has 0 aliphatic heterocycles. The van der Waals surface area contributed by atoms with E-state index in [4.69, 9.17) is 14.2 Å². The van der Waals surface area contributed by atoms with Crippen LogP contribution in [0.2, 0.25) is 0 Å². The standard InChI is InChI=1S/C57H88O6/c1-4-7-10-13-16-19-22-25-26-27-28-29-30-33-35-38-41-44-47-50-56(59)62-53-54(63-57(60)51-48-45-42-39-36-32-24-21-18-15-12-9-6-3)52-61-55(58)49-46-43-40-37-34-31-23-20-17-14-11-8-5-2/h7,9-10,12-13,15-16,18-19,21-22,24-30,32-33,35-36,54H,4-6,8,11,14,17,20,23,31,34,37-53H2,1-3H3/b10-7+,12-9+,16-13+,18-15+,22-19+,24-21+,26-25+,28-27+,30-29+,35-33+,36-32+. The lowest BCUT2D eigenvalue weighted by Gasteiger charge is -2.18. The van der Waals surface area contributed by atoms with Gasteiger partial charge in [-0.15, -0.1) is 0 Å². The lowest BCUT2D eigenvalue weighted by atomic mass is 10.0. The normalized spacial score (nSPS) is 13.3. The van der Waals surface area contributed by atoms with E-state index in [2.05, 4.69) is 45.1 Å². The fourth-order valence-corrected chi connectivity index (χ4v) is 6.26. The highest BCUT2D eigenvalue weighted by atomic mass is 16.6. The average molecular weight is 869 g/mol. The molecule has 0 aromatic carbocycles.